The number of carbonyl (C=O) groups excluding carboxylic acids is 1. The third-order valence-corrected chi connectivity index (χ3v) is 5.87. The van der Waals surface area contributed by atoms with E-state index in [0.29, 0.717) is 16.9 Å². The van der Waals surface area contributed by atoms with Gasteiger partial charge in [0.05, 0.1) is 5.69 Å². The van der Waals surface area contributed by atoms with Crippen LogP contribution in [0.4, 0.5) is 15.8 Å². The first kappa shape index (κ1) is 23.5. The van der Waals surface area contributed by atoms with E-state index in [1.165, 1.54) is 42.5 Å². The molecule has 0 bridgehead atoms. The molecule has 4 N–H and O–H groups in total. The molecule has 11 heteroatoms. The maximum Gasteiger partial charge on any atom is 0.394 e. The van der Waals surface area contributed by atoms with Gasteiger partial charge < -0.3 is 20.3 Å². The number of carboxylic acids is 1. The number of hydrogen-bond donors (Lipinski definition) is 4. The molecule has 0 spiro atoms. The van der Waals surface area contributed by atoms with Crippen molar-refractivity contribution in [2.75, 3.05) is 10.0 Å². The molecule has 0 atom stereocenters. The summed E-state index contributed by atoms with van der Waals surface area (Å²) in [6.07, 6.45) is 0. The Hall–Kier alpha value is -4.12. The number of aliphatic carboxylic acids is 1. The molecule has 0 fully saturated rings. The minimum absolute atomic E-state index is 0.160. The maximum absolute atomic E-state index is 13.9. The molecule has 3 rings (SSSR count). The predicted molar refractivity (Wildman–Crippen MR) is 118 cm³/mol. The van der Waals surface area contributed by atoms with Crippen LogP contribution < -0.4 is 14.8 Å². The Morgan fingerprint density at radius 1 is 1.00 bits per heavy atom. The number of rotatable bonds is 6. The second-order valence-electron chi connectivity index (χ2n) is 7.02. The molecule has 0 saturated heterocycles. The van der Waals surface area contributed by atoms with Crippen molar-refractivity contribution in [2.45, 2.75) is 18.7 Å². The van der Waals surface area contributed by atoms with Gasteiger partial charge in [0.2, 0.25) is 0 Å². The molecule has 0 aliphatic rings. The van der Waals surface area contributed by atoms with Gasteiger partial charge in [-0.25, -0.2) is 17.6 Å². The largest absolute Gasteiger partial charge is 0.506 e. The fourth-order valence-electron chi connectivity index (χ4n) is 3.01. The summed E-state index contributed by atoms with van der Waals surface area (Å²) in [6.45, 7) is 3.34. The lowest BCUT2D eigenvalue weighted by atomic mass is 10.1. The van der Waals surface area contributed by atoms with Crippen LogP contribution in [-0.4, -0.2) is 30.5 Å². The van der Waals surface area contributed by atoms with Gasteiger partial charge in [-0.15, -0.1) is 0 Å². The summed E-state index contributed by atoms with van der Waals surface area (Å²) >= 11 is 0. The number of aromatic hydroxyl groups is 1. The van der Waals surface area contributed by atoms with Gasteiger partial charge in [0.25, 0.3) is 10.0 Å². The van der Waals surface area contributed by atoms with Crippen molar-refractivity contribution in [3.63, 3.8) is 0 Å². The number of nitrogens with one attached hydrogen (secondary N) is 2. The standard InChI is InChI=1S/C22H19FN2O7S/c1-12-9-14(24-21(27)22(28)29)10-13(2)20(12)32-15-7-8-18(26)17(11-15)25-33(30,31)19-6-4-3-5-16(19)23/h3-11,25-26H,1-2H3,(H,24,27)(H,28,29). The fourth-order valence-corrected chi connectivity index (χ4v) is 4.15. The number of amides is 1. The monoisotopic (exact) mass is 474 g/mol. The molecule has 3 aromatic carbocycles. The van der Waals surface area contributed by atoms with E-state index in [9.17, 15) is 27.5 Å². The number of phenols is 1. The highest BCUT2D eigenvalue weighted by molar-refractivity contribution is 7.92. The predicted octanol–water partition coefficient (Wildman–Crippen LogP) is 3.76. The van der Waals surface area contributed by atoms with Gasteiger partial charge in [0.1, 0.15) is 28.0 Å². The van der Waals surface area contributed by atoms with E-state index in [1.807, 2.05) is 0 Å². The van der Waals surface area contributed by atoms with E-state index in [2.05, 4.69) is 10.0 Å². The summed E-state index contributed by atoms with van der Waals surface area (Å²) in [6, 6.07) is 11.7. The van der Waals surface area contributed by atoms with Crippen LogP contribution in [0.2, 0.25) is 0 Å². The minimum Gasteiger partial charge on any atom is -0.506 e. The quantitative estimate of drug-likeness (QED) is 0.315. The first-order valence-electron chi connectivity index (χ1n) is 9.41. The Kier molecular flexibility index (Phi) is 6.54. The Bertz CT molecular complexity index is 1330. The van der Waals surface area contributed by atoms with Crippen LogP contribution in [0, 0.1) is 19.7 Å². The van der Waals surface area contributed by atoms with Crippen molar-refractivity contribution in [3.05, 3.63) is 71.5 Å². The average molecular weight is 474 g/mol. The average Bonchev–Trinajstić information content (AvgIpc) is 2.73. The molecule has 3 aromatic rings. The van der Waals surface area contributed by atoms with Gasteiger partial charge in [0, 0.05) is 11.8 Å². The molecule has 33 heavy (non-hydrogen) atoms. The number of ether oxygens (including phenoxy) is 1. The fraction of sp³-hybridized carbons (Fsp3) is 0.0909. The van der Waals surface area contributed by atoms with Crippen LogP contribution in [-0.2, 0) is 19.6 Å². The van der Waals surface area contributed by atoms with E-state index < -0.39 is 38.4 Å². The number of sulfonamides is 1. The van der Waals surface area contributed by atoms with Crippen LogP contribution in [0.3, 0.4) is 0 Å². The highest BCUT2D eigenvalue weighted by Crippen LogP contribution is 2.36. The Balaban J connectivity index is 1.88. The van der Waals surface area contributed by atoms with E-state index in [0.717, 1.165) is 12.1 Å². The van der Waals surface area contributed by atoms with E-state index in [4.69, 9.17) is 9.84 Å². The van der Waals surface area contributed by atoms with Crippen molar-refractivity contribution < 1.29 is 37.3 Å². The van der Waals surface area contributed by atoms with Crippen LogP contribution in [0.1, 0.15) is 11.1 Å². The first-order chi connectivity index (χ1) is 15.5. The lowest BCUT2D eigenvalue weighted by Crippen LogP contribution is -2.21. The summed E-state index contributed by atoms with van der Waals surface area (Å²) in [5, 5.41) is 21.1. The molecule has 9 nitrogen and oxygen atoms in total. The maximum atomic E-state index is 13.9. The Labute approximate surface area is 188 Å². The molecule has 1 amide bonds. The number of phenolic OH excluding ortho intramolecular Hbond substituents is 1. The van der Waals surface area contributed by atoms with Gasteiger partial charge in [-0.3, -0.25) is 9.52 Å². The van der Waals surface area contributed by atoms with Crippen LogP contribution in [0.5, 0.6) is 17.2 Å². The Morgan fingerprint density at radius 2 is 1.64 bits per heavy atom. The van der Waals surface area contributed by atoms with Crippen LogP contribution >= 0.6 is 0 Å². The van der Waals surface area contributed by atoms with Crippen molar-refractivity contribution >= 4 is 33.3 Å². The Morgan fingerprint density at radius 3 is 2.24 bits per heavy atom. The van der Waals surface area contributed by atoms with Crippen molar-refractivity contribution in [2.24, 2.45) is 0 Å². The molecule has 0 saturated carbocycles. The number of benzene rings is 3. The second-order valence-corrected chi connectivity index (χ2v) is 8.67. The molecular formula is C22H19FN2O7S. The number of aryl methyl sites for hydroxylation is 2. The highest BCUT2D eigenvalue weighted by atomic mass is 32.2. The number of hydrogen-bond acceptors (Lipinski definition) is 6. The zero-order chi connectivity index (χ0) is 24.3. The summed E-state index contributed by atoms with van der Waals surface area (Å²) in [5.41, 5.74) is 1.14. The molecule has 172 valence electrons. The molecular weight excluding hydrogens is 455 g/mol. The SMILES string of the molecule is Cc1cc(NC(=O)C(=O)O)cc(C)c1Oc1ccc(O)c(NS(=O)(=O)c2ccccc2F)c1. The van der Waals surface area contributed by atoms with Crippen molar-refractivity contribution in [3.8, 4) is 17.2 Å². The van der Waals surface area contributed by atoms with Crippen LogP contribution in [0.25, 0.3) is 0 Å². The molecule has 0 heterocycles. The smallest absolute Gasteiger partial charge is 0.394 e. The van der Waals surface area contributed by atoms with Crippen molar-refractivity contribution in [1.29, 1.82) is 0 Å². The molecule has 0 aliphatic carbocycles. The van der Waals surface area contributed by atoms with E-state index in [1.54, 1.807) is 13.8 Å². The van der Waals surface area contributed by atoms with Gasteiger partial charge in [-0.2, -0.15) is 0 Å². The van der Waals surface area contributed by atoms with Gasteiger partial charge in [-0.05, 0) is 61.4 Å². The molecule has 0 aromatic heterocycles. The summed E-state index contributed by atoms with van der Waals surface area (Å²) in [7, 11) is -4.33. The number of anilines is 2. The number of carboxylic acid groups (broad SMARTS) is 1. The molecule has 0 radical (unpaired) electrons. The first-order valence-corrected chi connectivity index (χ1v) is 10.9. The van der Waals surface area contributed by atoms with Crippen LogP contribution in [0.15, 0.2) is 59.5 Å². The second kappa shape index (κ2) is 9.17. The van der Waals surface area contributed by atoms with E-state index >= 15 is 0 Å². The summed E-state index contributed by atoms with van der Waals surface area (Å²) in [5.74, 6) is -3.63. The zero-order valence-electron chi connectivity index (χ0n) is 17.4. The topological polar surface area (TPSA) is 142 Å². The third kappa shape index (κ3) is 5.39. The lowest BCUT2D eigenvalue weighted by Gasteiger charge is -2.16. The summed E-state index contributed by atoms with van der Waals surface area (Å²) < 4.78 is 47.0. The lowest BCUT2D eigenvalue weighted by molar-refractivity contribution is -0.147. The van der Waals surface area contributed by atoms with Crippen molar-refractivity contribution in [1.82, 2.24) is 0 Å². The normalized spacial score (nSPS) is 11.0. The zero-order valence-corrected chi connectivity index (χ0v) is 18.2. The van der Waals surface area contributed by atoms with Gasteiger partial charge in [0.15, 0.2) is 0 Å². The van der Waals surface area contributed by atoms with E-state index in [-0.39, 0.29) is 17.1 Å². The highest BCUT2D eigenvalue weighted by Gasteiger charge is 2.21. The molecule has 0 aliphatic heterocycles. The molecule has 0 unspecified atom stereocenters. The number of halogens is 1. The number of carbonyl (C=O) groups is 2. The van der Waals surface area contributed by atoms with Gasteiger partial charge >= 0.3 is 11.9 Å². The summed E-state index contributed by atoms with van der Waals surface area (Å²) in [4.78, 5) is 21.5. The third-order valence-electron chi connectivity index (χ3n) is 4.47. The van der Waals surface area contributed by atoms with Gasteiger partial charge in [-0.1, -0.05) is 12.1 Å². The minimum atomic E-state index is -4.33.